The van der Waals surface area contributed by atoms with Gasteiger partial charge in [0.15, 0.2) is 16.4 Å². The zero-order valence-corrected chi connectivity index (χ0v) is 15.0. The third-order valence-electron chi connectivity index (χ3n) is 4.13. The van der Waals surface area contributed by atoms with Crippen LogP contribution >= 0.6 is 0 Å². The SMILES string of the molecule is CCCCN(C(=O)COC(=O)c1cccc(O)c1)[C@H]1CCS(=O)(=O)C1. The Morgan fingerprint density at radius 2 is 2.12 bits per heavy atom. The lowest BCUT2D eigenvalue weighted by Crippen LogP contribution is -2.43. The van der Waals surface area contributed by atoms with E-state index in [1.807, 2.05) is 6.92 Å². The number of nitrogens with zero attached hydrogens (tertiary/aromatic N) is 1. The normalized spacial score (nSPS) is 18.7. The van der Waals surface area contributed by atoms with Crippen molar-refractivity contribution in [3.63, 3.8) is 0 Å². The molecule has 1 aliphatic heterocycles. The Kier molecular flexibility index (Phi) is 6.41. The van der Waals surface area contributed by atoms with E-state index in [0.717, 1.165) is 12.8 Å². The van der Waals surface area contributed by atoms with Crippen LogP contribution in [0.25, 0.3) is 0 Å². The maximum Gasteiger partial charge on any atom is 0.338 e. The van der Waals surface area contributed by atoms with E-state index in [4.69, 9.17) is 4.74 Å². The molecule has 1 aromatic carbocycles. The lowest BCUT2D eigenvalue weighted by atomic mass is 10.2. The van der Waals surface area contributed by atoms with Gasteiger partial charge >= 0.3 is 5.97 Å². The van der Waals surface area contributed by atoms with E-state index >= 15 is 0 Å². The molecule has 138 valence electrons. The number of esters is 1. The molecule has 0 radical (unpaired) electrons. The number of carbonyl (C=O) groups excluding carboxylic acids is 2. The van der Waals surface area contributed by atoms with E-state index in [-0.39, 0.29) is 28.9 Å². The summed E-state index contributed by atoms with van der Waals surface area (Å²) in [5, 5.41) is 9.38. The minimum absolute atomic E-state index is 0.0387. The van der Waals surface area contributed by atoms with Gasteiger partial charge < -0.3 is 14.7 Å². The smallest absolute Gasteiger partial charge is 0.338 e. The molecule has 1 aromatic rings. The molecule has 0 bridgehead atoms. The molecular formula is C17H23NO6S. The summed E-state index contributed by atoms with van der Waals surface area (Å²) in [7, 11) is -3.11. The molecule has 0 spiro atoms. The molecule has 0 saturated carbocycles. The van der Waals surface area contributed by atoms with E-state index < -0.39 is 28.3 Å². The number of hydrogen-bond acceptors (Lipinski definition) is 6. The first kappa shape index (κ1) is 19.2. The highest BCUT2D eigenvalue weighted by molar-refractivity contribution is 7.91. The molecule has 1 N–H and O–H groups in total. The number of sulfone groups is 1. The van der Waals surface area contributed by atoms with Gasteiger partial charge in [-0.2, -0.15) is 0 Å². The third-order valence-corrected chi connectivity index (χ3v) is 5.88. The average molecular weight is 369 g/mol. The predicted molar refractivity (Wildman–Crippen MR) is 92.1 cm³/mol. The number of benzene rings is 1. The highest BCUT2D eigenvalue weighted by atomic mass is 32.2. The van der Waals surface area contributed by atoms with Crippen LogP contribution in [0.3, 0.4) is 0 Å². The van der Waals surface area contributed by atoms with E-state index in [9.17, 15) is 23.1 Å². The molecule has 0 unspecified atom stereocenters. The Hall–Kier alpha value is -2.09. The number of phenols is 1. The lowest BCUT2D eigenvalue weighted by Gasteiger charge is -2.28. The summed E-state index contributed by atoms with van der Waals surface area (Å²) < 4.78 is 28.4. The van der Waals surface area contributed by atoms with Crippen LogP contribution in [-0.4, -0.2) is 61.0 Å². The lowest BCUT2D eigenvalue weighted by molar-refractivity contribution is -0.136. The molecule has 1 fully saturated rings. The second-order valence-electron chi connectivity index (χ2n) is 6.12. The first-order valence-corrected chi connectivity index (χ1v) is 10.1. The fourth-order valence-electron chi connectivity index (χ4n) is 2.79. The number of amides is 1. The Morgan fingerprint density at radius 3 is 2.72 bits per heavy atom. The van der Waals surface area contributed by atoms with Gasteiger partial charge in [0.25, 0.3) is 5.91 Å². The summed E-state index contributed by atoms with van der Waals surface area (Å²) in [6.45, 7) is 1.98. The number of hydrogen-bond donors (Lipinski definition) is 1. The first-order chi connectivity index (χ1) is 11.8. The molecule has 0 aromatic heterocycles. The van der Waals surface area contributed by atoms with Crippen molar-refractivity contribution in [2.75, 3.05) is 24.7 Å². The number of aromatic hydroxyl groups is 1. The van der Waals surface area contributed by atoms with Gasteiger partial charge in [0, 0.05) is 12.6 Å². The molecule has 25 heavy (non-hydrogen) atoms. The topological polar surface area (TPSA) is 101 Å². The van der Waals surface area contributed by atoms with Gasteiger partial charge in [-0.3, -0.25) is 4.79 Å². The number of carbonyl (C=O) groups is 2. The average Bonchev–Trinajstić information content (AvgIpc) is 2.92. The number of unbranched alkanes of at least 4 members (excludes halogenated alkanes) is 1. The van der Waals surface area contributed by atoms with E-state index in [0.29, 0.717) is 13.0 Å². The van der Waals surface area contributed by atoms with Crippen LogP contribution < -0.4 is 0 Å². The van der Waals surface area contributed by atoms with E-state index in [2.05, 4.69) is 0 Å². The van der Waals surface area contributed by atoms with Gasteiger partial charge in [-0.25, -0.2) is 13.2 Å². The largest absolute Gasteiger partial charge is 0.508 e. The van der Waals surface area contributed by atoms with Crippen LogP contribution in [0, 0.1) is 0 Å². The molecule has 1 amide bonds. The van der Waals surface area contributed by atoms with Crippen molar-refractivity contribution in [3.05, 3.63) is 29.8 Å². The van der Waals surface area contributed by atoms with Gasteiger partial charge in [0.1, 0.15) is 5.75 Å². The van der Waals surface area contributed by atoms with Crippen LogP contribution in [-0.2, 0) is 19.4 Å². The standard InChI is InChI=1S/C17H23NO6S/c1-2-3-8-18(14-7-9-25(22,23)12-14)16(20)11-24-17(21)13-5-4-6-15(19)10-13/h4-6,10,14,19H,2-3,7-9,11-12H2,1H3/t14-/m0/s1. The van der Waals surface area contributed by atoms with Crippen LogP contribution in [0.1, 0.15) is 36.5 Å². The second-order valence-corrected chi connectivity index (χ2v) is 8.35. The molecular weight excluding hydrogens is 346 g/mol. The monoisotopic (exact) mass is 369 g/mol. The minimum atomic E-state index is -3.11. The van der Waals surface area contributed by atoms with Crippen molar-refractivity contribution in [2.45, 2.75) is 32.2 Å². The van der Waals surface area contributed by atoms with Gasteiger partial charge in [0.2, 0.25) is 0 Å². The molecule has 1 saturated heterocycles. The minimum Gasteiger partial charge on any atom is -0.508 e. The summed E-state index contributed by atoms with van der Waals surface area (Å²) in [5.74, 6) is -1.14. The third kappa shape index (κ3) is 5.45. The number of rotatable bonds is 7. The summed E-state index contributed by atoms with van der Waals surface area (Å²) in [5.41, 5.74) is 0.149. The summed E-state index contributed by atoms with van der Waals surface area (Å²) in [6.07, 6.45) is 2.04. The molecule has 1 aliphatic rings. The molecule has 2 rings (SSSR count). The Labute approximate surface area is 147 Å². The van der Waals surface area contributed by atoms with Crippen LogP contribution in [0.4, 0.5) is 0 Å². The van der Waals surface area contributed by atoms with Gasteiger partial charge in [-0.05, 0) is 31.0 Å². The Bertz CT molecular complexity index is 730. The molecule has 1 atom stereocenters. The predicted octanol–water partition coefficient (Wildman–Crippen LogP) is 1.36. The second kappa shape index (κ2) is 8.33. The van der Waals surface area contributed by atoms with Crippen molar-refractivity contribution in [2.24, 2.45) is 0 Å². The zero-order valence-electron chi connectivity index (χ0n) is 14.2. The highest BCUT2D eigenvalue weighted by Gasteiger charge is 2.34. The molecule has 1 heterocycles. The Morgan fingerprint density at radius 1 is 1.36 bits per heavy atom. The number of phenolic OH excluding ortho intramolecular Hbond substituents is 1. The molecule has 0 aliphatic carbocycles. The summed E-state index contributed by atoms with van der Waals surface area (Å²) >= 11 is 0. The quantitative estimate of drug-likeness (QED) is 0.729. The van der Waals surface area contributed by atoms with Gasteiger partial charge in [-0.15, -0.1) is 0 Å². The maximum atomic E-state index is 12.5. The maximum absolute atomic E-state index is 12.5. The summed E-state index contributed by atoms with van der Waals surface area (Å²) in [6, 6.07) is 5.30. The fourth-order valence-corrected chi connectivity index (χ4v) is 4.52. The van der Waals surface area contributed by atoms with Crippen molar-refractivity contribution in [3.8, 4) is 5.75 Å². The molecule has 8 heteroatoms. The fraction of sp³-hybridized carbons (Fsp3) is 0.529. The number of ether oxygens (including phenoxy) is 1. The van der Waals surface area contributed by atoms with Gasteiger partial charge in [0.05, 0.1) is 17.1 Å². The van der Waals surface area contributed by atoms with Crippen LogP contribution in [0.5, 0.6) is 5.75 Å². The van der Waals surface area contributed by atoms with Crippen molar-refractivity contribution in [1.29, 1.82) is 0 Å². The Balaban J connectivity index is 1.98. The van der Waals surface area contributed by atoms with Gasteiger partial charge in [-0.1, -0.05) is 19.4 Å². The van der Waals surface area contributed by atoms with Crippen LogP contribution in [0.2, 0.25) is 0 Å². The highest BCUT2D eigenvalue weighted by Crippen LogP contribution is 2.19. The van der Waals surface area contributed by atoms with E-state index in [1.165, 1.54) is 29.2 Å². The molecule has 7 nitrogen and oxygen atoms in total. The van der Waals surface area contributed by atoms with Crippen LogP contribution in [0.15, 0.2) is 24.3 Å². The van der Waals surface area contributed by atoms with Crippen molar-refractivity contribution < 1.29 is 27.9 Å². The van der Waals surface area contributed by atoms with Crippen molar-refractivity contribution in [1.82, 2.24) is 4.90 Å². The summed E-state index contributed by atoms with van der Waals surface area (Å²) in [4.78, 5) is 25.9. The van der Waals surface area contributed by atoms with Crippen molar-refractivity contribution >= 4 is 21.7 Å². The first-order valence-electron chi connectivity index (χ1n) is 8.28. The van der Waals surface area contributed by atoms with E-state index in [1.54, 1.807) is 0 Å². The zero-order chi connectivity index (χ0) is 18.4.